The van der Waals surface area contributed by atoms with Crippen LogP contribution in [0, 0.1) is 0 Å². The first-order valence-electron chi connectivity index (χ1n) is 5.49. The van der Waals surface area contributed by atoms with Gasteiger partial charge in [-0.25, -0.2) is 4.79 Å². The molecule has 3 amide bonds. The highest BCUT2D eigenvalue weighted by Gasteiger charge is 2.21. The van der Waals surface area contributed by atoms with Crippen LogP contribution < -0.4 is 10.6 Å². The summed E-state index contributed by atoms with van der Waals surface area (Å²) in [6.45, 7) is 0.542. The summed E-state index contributed by atoms with van der Waals surface area (Å²) in [6.07, 6.45) is 1.14. The topological polar surface area (TPSA) is 98.7 Å². The molecule has 1 rings (SSSR count). The van der Waals surface area contributed by atoms with Gasteiger partial charge in [0.2, 0.25) is 5.91 Å². The molecule has 0 aromatic carbocycles. The Morgan fingerprint density at radius 2 is 2.29 bits per heavy atom. The molecule has 3 N–H and O–H groups in total. The number of nitrogens with one attached hydrogen (secondary N) is 2. The Morgan fingerprint density at radius 3 is 2.82 bits per heavy atom. The third-order valence-corrected chi connectivity index (χ3v) is 2.59. The van der Waals surface area contributed by atoms with E-state index in [9.17, 15) is 14.4 Å². The number of hydrogen-bond donors (Lipinski definition) is 3. The Morgan fingerprint density at radius 1 is 1.59 bits per heavy atom. The zero-order chi connectivity index (χ0) is 12.8. The van der Waals surface area contributed by atoms with E-state index in [1.165, 1.54) is 11.9 Å². The van der Waals surface area contributed by atoms with Crippen LogP contribution in [-0.4, -0.2) is 54.1 Å². The van der Waals surface area contributed by atoms with Gasteiger partial charge in [0, 0.05) is 32.6 Å². The second-order valence-electron chi connectivity index (χ2n) is 4.05. The molecule has 1 saturated heterocycles. The molecule has 1 aliphatic rings. The van der Waals surface area contributed by atoms with Gasteiger partial charge in [0.1, 0.15) is 0 Å². The highest BCUT2D eigenvalue weighted by molar-refractivity contribution is 5.79. The highest BCUT2D eigenvalue weighted by atomic mass is 16.4. The van der Waals surface area contributed by atoms with E-state index in [1.54, 1.807) is 0 Å². The molecule has 1 atom stereocenters. The lowest BCUT2D eigenvalue weighted by molar-refractivity contribution is -0.137. The maximum atomic E-state index is 11.5. The highest BCUT2D eigenvalue weighted by Crippen LogP contribution is 2.05. The summed E-state index contributed by atoms with van der Waals surface area (Å²) >= 11 is 0. The van der Waals surface area contributed by atoms with Crippen molar-refractivity contribution < 1.29 is 19.5 Å². The molecule has 0 aliphatic carbocycles. The van der Waals surface area contributed by atoms with Crippen LogP contribution in [0.4, 0.5) is 4.79 Å². The number of carbonyl (C=O) groups excluding carboxylic acids is 2. The van der Waals surface area contributed by atoms with Crippen LogP contribution in [0.25, 0.3) is 0 Å². The molecule has 0 spiro atoms. The van der Waals surface area contributed by atoms with E-state index in [4.69, 9.17) is 5.11 Å². The van der Waals surface area contributed by atoms with Crippen molar-refractivity contribution in [3.8, 4) is 0 Å². The minimum atomic E-state index is -0.937. The predicted octanol–water partition coefficient (Wildman–Crippen LogP) is -0.619. The molecule has 7 nitrogen and oxygen atoms in total. The number of urea groups is 1. The standard InChI is InChI=1S/C10H17N3O4/c1-13(5-4-9(15)16)10(17)11-6-7-2-3-8(14)12-7/h7H,2-6H2,1H3,(H,11,17)(H,12,14)(H,15,16). The summed E-state index contributed by atoms with van der Waals surface area (Å²) in [5, 5.41) is 13.9. The van der Waals surface area contributed by atoms with Crippen molar-refractivity contribution in [3.63, 3.8) is 0 Å². The monoisotopic (exact) mass is 243 g/mol. The molecule has 17 heavy (non-hydrogen) atoms. The van der Waals surface area contributed by atoms with E-state index in [2.05, 4.69) is 10.6 Å². The van der Waals surface area contributed by atoms with Crippen molar-refractivity contribution in [3.05, 3.63) is 0 Å². The fourth-order valence-electron chi connectivity index (χ4n) is 1.54. The number of hydrogen-bond acceptors (Lipinski definition) is 3. The molecule has 0 radical (unpaired) electrons. The van der Waals surface area contributed by atoms with Gasteiger partial charge in [0.15, 0.2) is 0 Å². The second kappa shape index (κ2) is 6.07. The van der Waals surface area contributed by atoms with Gasteiger partial charge in [0.25, 0.3) is 0 Å². The number of carbonyl (C=O) groups is 3. The fourth-order valence-corrected chi connectivity index (χ4v) is 1.54. The molecule has 0 aromatic rings. The number of amides is 3. The van der Waals surface area contributed by atoms with E-state index in [-0.39, 0.29) is 30.9 Å². The number of carboxylic acids is 1. The molecular formula is C10H17N3O4. The van der Waals surface area contributed by atoms with E-state index < -0.39 is 5.97 Å². The average Bonchev–Trinajstić information content (AvgIpc) is 2.68. The first-order valence-corrected chi connectivity index (χ1v) is 5.49. The van der Waals surface area contributed by atoms with E-state index >= 15 is 0 Å². The van der Waals surface area contributed by atoms with Crippen LogP contribution in [0.3, 0.4) is 0 Å². The molecular weight excluding hydrogens is 226 g/mol. The van der Waals surface area contributed by atoms with Crippen LogP contribution in [-0.2, 0) is 9.59 Å². The second-order valence-corrected chi connectivity index (χ2v) is 4.05. The molecule has 1 aliphatic heterocycles. The maximum absolute atomic E-state index is 11.5. The fraction of sp³-hybridized carbons (Fsp3) is 0.700. The number of carboxylic acid groups (broad SMARTS) is 1. The van der Waals surface area contributed by atoms with Crippen molar-refractivity contribution in [1.29, 1.82) is 0 Å². The lowest BCUT2D eigenvalue weighted by Gasteiger charge is -2.18. The Bertz CT molecular complexity index is 319. The lowest BCUT2D eigenvalue weighted by atomic mass is 10.2. The number of rotatable bonds is 5. The van der Waals surface area contributed by atoms with Gasteiger partial charge in [-0.2, -0.15) is 0 Å². The first-order chi connectivity index (χ1) is 7.99. The Hall–Kier alpha value is -1.79. The predicted molar refractivity (Wildman–Crippen MR) is 59.4 cm³/mol. The number of nitrogens with zero attached hydrogens (tertiary/aromatic N) is 1. The third-order valence-electron chi connectivity index (χ3n) is 2.59. The molecule has 0 aromatic heterocycles. The smallest absolute Gasteiger partial charge is 0.317 e. The zero-order valence-electron chi connectivity index (χ0n) is 9.73. The van der Waals surface area contributed by atoms with Crippen molar-refractivity contribution >= 4 is 17.9 Å². The van der Waals surface area contributed by atoms with Gasteiger partial charge in [0.05, 0.1) is 6.42 Å². The Labute approximate surface area is 99.2 Å². The molecule has 96 valence electrons. The summed E-state index contributed by atoms with van der Waals surface area (Å²) in [7, 11) is 1.53. The quantitative estimate of drug-likeness (QED) is 0.599. The third kappa shape index (κ3) is 4.71. The van der Waals surface area contributed by atoms with Crippen LogP contribution in [0.15, 0.2) is 0 Å². The largest absolute Gasteiger partial charge is 0.481 e. The normalized spacial score (nSPS) is 18.6. The summed E-state index contributed by atoms with van der Waals surface area (Å²) < 4.78 is 0. The Balaban J connectivity index is 2.19. The van der Waals surface area contributed by atoms with Gasteiger partial charge in [-0.3, -0.25) is 9.59 Å². The SMILES string of the molecule is CN(CCC(=O)O)C(=O)NCC1CCC(=O)N1. The van der Waals surface area contributed by atoms with Crippen LogP contribution in [0.2, 0.25) is 0 Å². The minimum absolute atomic E-state index is 0.00322. The first kappa shape index (κ1) is 13.3. The molecule has 7 heteroatoms. The molecule has 0 saturated carbocycles. The lowest BCUT2D eigenvalue weighted by Crippen LogP contribution is -2.44. The summed E-state index contributed by atoms with van der Waals surface area (Å²) in [6, 6.07) is -0.341. The van der Waals surface area contributed by atoms with Crippen LogP contribution in [0.5, 0.6) is 0 Å². The molecule has 1 heterocycles. The van der Waals surface area contributed by atoms with Crippen LogP contribution in [0.1, 0.15) is 19.3 Å². The maximum Gasteiger partial charge on any atom is 0.317 e. The van der Waals surface area contributed by atoms with Crippen molar-refractivity contribution in [2.24, 2.45) is 0 Å². The average molecular weight is 243 g/mol. The van der Waals surface area contributed by atoms with E-state index in [1.807, 2.05) is 0 Å². The van der Waals surface area contributed by atoms with Gasteiger partial charge < -0.3 is 20.6 Å². The van der Waals surface area contributed by atoms with Gasteiger partial charge >= 0.3 is 12.0 Å². The molecule has 1 unspecified atom stereocenters. The summed E-state index contributed by atoms with van der Waals surface area (Å²) in [5.74, 6) is -0.934. The van der Waals surface area contributed by atoms with Crippen molar-refractivity contribution in [2.75, 3.05) is 20.1 Å². The van der Waals surface area contributed by atoms with Gasteiger partial charge in [-0.05, 0) is 6.42 Å². The van der Waals surface area contributed by atoms with Gasteiger partial charge in [-0.1, -0.05) is 0 Å². The minimum Gasteiger partial charge on any atom is -0.481 e. The molecule has 1 fully saturated rings. The van der Waals surface area contributed by atoms with E-state index in [0.29, 0.717) is 13.0 Å². The van der Waals surface area contributed by atoms with Gasteiger partial charge in [-0.15, -0.1) is 0 Å². The molecule has 0 bridgehead atoms. The Kier molecular flexibility index (Phi) is 4.74. The zero-order valence-corrected chi connectivity index (χ0v) is 9.73. The number of aliphatic carboxylic acids is 1. The summed E-state index contributed by atoms with van der Waals surface area (Å²) in [5.41, 5.74) is 0. The van der Waals surface area contributed by atoms with E-state index in [0.717, 1.165) is 6.42 Å². The summed E-state index contributed by atoms with van der Waals surface area (Å²) in [4.78, 5) is 34.0. The van der Waals surface area contributed by atoms with Crippen molar-refractivity contribution in [2.45, 2.75) is 25.3 Å². The van der Waals surface area contributed by atoms with Crippen molar-refractivity contribution in [1.82, 2.24) is 15.5 Å². The van der Waals surface area contributed by atoms with Crippen LogP contribution >= 0.6 is 0 Å².